The maximum Gasteiger partial charge on any atom is 0.252 e. The van der Waals surface area contributed by atoms with Crippen molar-refractivity contribution in [2.75, 3.05) is 34.2 Å². The first-order valence-corrected chi connectivity index (χ1v) is 9.63. The van der Waals surface area contributed by atoms with Crippen molar-refractivity contribution in [3.8, 4) is 0 Å². The minimum Gasteiger partial charge on any atom is -0.310 e. The van der Waals surface area contributed by atoms with Crippen molar-refractivity contribution in [1.82, 2.24) is 14.5 Å². The summed E-state index contributed by atoms with van der Waals surface area (Å²) in [4.78, 5) is 2.06. The Kier molecular flexibility index (Phi) is 5.79. The number of rotatable bonds is 9. The molecule has 120 valence electrons. The zero-order valence-electron chi connectivity index (χ0n) is 13.0. The summed E-state index contributed by atoms with van der Waals surface area (Å²) in [6.07, 6.45) is 3.32. The molecular weight excluding hydrogens is 306 g/mol. The van der Waals surface area contributed by atoms with Crippen LogP contribution in [0.3, 0.4) is 0 Å². The standard InChI is InChI=1S/C14H25N3O2S2/c1-16(2)7-4-8-17(3)21(18,19)14-9-12(11-20-14)10-15-13-5-6-13/h9,11,13,15H,4-8,10H2,1-3H3. The SMILES string of the molecule is CN(C)CCCN(C)S(=O)(=O)c1cc(CNC2CC2)cs1. The molecule has 0 atom stereocenters. The van der Waals surface area contributed by atoms with Crippen LogP contribution in [-0.4, -0.2) is 57.9 Å². The Morgan fingerprint density at radius 3 is 2.62 bits per heavy atom. The van der Waals surface area contributed by atoms with E-state index in [1.54, 1.807) is 13.1 Å². The molecule has 0 aliphatic heterocycles. The van der Waals surface area contributed by atoms with Gasteiger partial charge in [-0.25, -0.2) is 12.7 Å². The van der Waals surface area contributed by atoms with Crippen molar-refractivity contribution in [2.45, 2.75) is 36.1 Å². The predicted octanol–water partition coefficient (Wildman–Crippen LogP) is 1.57. The Bertz CT molecular complexity index is 550. The van der Waals surface area contributed by atoms with Crippen molar-refractivity contribution in [1.29, 1.82) is 0 Å². The summed E-state index contributed by atoms with van der Waals surface area (Å²) in [6.45, 7) is 2.20. The van der Waals surface area contributed by atoms with Crippen molar-refractivity contribution in [3.05, 3.63) is 17.0 Å². The lowest BCUT2D eigenvalue weighted by atomic mass is 10.3. The van der Waals surface area contributed by atoms with Gasteiger partial charge in [0.25, 0.3) is 10.0 Å². The number of nitrogens with zero attached hydrogens (tertiary/aromatic N) is 2. The monoisotopic (exact) mass is 331 g/mol. The van der Waals surface area contributed by atoms with Gasteiger partial charge in [0, 0.05) is 26.2 Å². The number of hydrogen-bond donors (Lipinski definition) is 1. The average Bonchev–Trinajstić information content (AvgIpc) is 3.12. The normalized spacial score (nSPS) is 16.0. The Hall–Kier alpha value is -0.470. The third kappa shape index (κ3) is 5.03. The van der Waals surface area contributed by atoms with Crippen LogP contribution in [0, 0.1) is 0 Å². The summed E-state index contributed by atoms with van der Waals surface area (Å²) in [7, 11) is 2.31. The van der Waals surface area contributed by atoms with Crippen molar-refractivity contribution in [3.63, 3.8) is 0 Å². The summed E-state index contributed by atoms with van der Waals surface area (Å²) < 4.78 is 26.9. The topological polar surface area (TPSA) is 52.7 Å². The third-order valence-corrected chi connectivity index (χ3v) is 6.87. The molecule has 1 aromatic rings. The van der Waals surface area contributed by atoms with Gasteiger partial charge in [-0.3, -0.25) is 0 Å². The van der Waals surface area contributed by atoms with E-state index in [1.165, 1.54) is 28.5 Å². The number of nitrogens with one attached hydrogen (secondary N) is 1. The molecule has 0 unspecified atom stereocenters. The lowest BCUT2D eigenvalue weighted by molar-refractivity contribution is 0.370. The summed E-state index contributed by atoms with van der Waals surface area (Å²) >= 11 is 1.32. The number of hydrogen-bond acceptors (Lipinski definition) is 5. The minimum atomic E-state index is -3.33. The fourth-order valence-corrected chi connectivity index (χ4v) is 4.64. The highest BCUT2D eigenvalue weighted by atomic mass is 32.2. The van der Waals surface area contributed by atoms with Gasteiger partial charge in [0.1, 0.15) is 4.21 Å². The van der Waals surface area contributed by atoms with Gasteiger partial charge in [0.15, 0.2) is 0 Å². The second-order valence-corrected chi connectivity index (χ2v) is 9.10. The van der Waals surface area contributed by atoms with Gasteiger partial charge in [0.05, 0.1) is 0 Å². The smallest absolute Gasteiger partial charge is 0.252 e. The highest BCUT2D eigenvalue weighted by molar-refractivity contribution is 7.91. The zero-order chi connectivity index (χ0) is 15.5. The molecule has 1 aromatic heterocycles. The Labute approximate surface area is 132 Å². The van der Waals surface area contributed by atoms with E-state index in [1.807, 2.05) is 19.5 Å². The van der Waals surface area contributed by atoms with Crippen LogP contribution >= 0.6 is 11.3 Å². The van der Waals surface area contributed by atoms with E-state index in [4.69, 9.17) is 0 Å². The van der Waals surface area contributed by atoms with Crippen LogP contribution in [0.5, 0.6) is 0 Å². The van der Waals surface area contributed by atoms with E-state index in [-0.39, 0.29) is 0 Å². The van der Waals surface area contributed by atoms with E-state index in [0.29, 0.717) is 16.8 Å². The second kappa shape index (κ2) is 7.19. The fourth-order valence-electron chi connectivity index (χ4n) is 2.01. The molecule has 0 bridgehead atoms. The lowest BCUT2D eigenvalue weighted by Gasteiger charge is -2.17. The van der Waals surface area contributed by atoms with Gasteiger partial charge in [-0.2, -0.15) is 0 Å². The van der Waals surface area contributed by atoms with Crippen LogP contribution in [0.1, 0.15) is 24.8 Å². The van der Waals surface area contributed by atoms with Gasteiger partial charge in [-0.1, -0.05) is 0 Å². The second-order valence-electron chi connectivity index (χ2n) is 5.91. The third-order valence-electron chi connectivity index (χ3n) is 3.54. The zero-order valence-corrected chi connectivity index (χ0v) is 14.6. The van der Waals surface area contributed by atoms with Gasteiger partial charge in [-0.15, -0.1) is 11.3 Å². The van der Waals surface area contributed by atoms with Crippen LogP contribution in [0.25, 0.3) is 0 Å². The molecule has 7 heteroatoms. The Morgan fingerprint density at radius 1 is 1.29 bits per heavy atom. The highest BCUT2D eigenvalue weighted by Gasteiger charge is 2.24. The van der Waals surface area contributed by atoms with Crippen molar-refractivity contribution < 1.29 is 8.42 Å². The maximum absolute atomic E-state index is 12.5. The fraction of sp³-hybridized carbons (Fsp3) is 0.714. The molecule has 0 amide bonds. The molecule has 1 aliphatic rings. The molecule has 2 rings (SSSR count). The van der Waals surface area contributed by atoms with E-state index in [2.05, 4.69) is 10.2 Å². The summed E-state index contributed by atoms with van der Waals surface area (Å²) in [5, 5.41) is 5.35. The largest absolute Gasteiger partial charge is 0.310 e. The van der Waals surface area contributed by atoms with Gasteiger partial charge in [0.2, 0.25) is 0 Å². The molecule has 21 heavy (non-hydrogen) atoms. The maximum atomic E-state index is 12.5. The number of sulfonamides is 1. The lowest BCUT2D eigenvalue weighted by Crippen LogP contribution is -2.29. The molecule has 0 saturated heterocycles. The molecule has 1 fully saturated rings. The predicted molar refractivity (Wildman–Crippen MR) is 87.2 cm³/mol. The molecule has 0 radical (unpaired) electrons. The minimum absolute atomic E-state index is 0.447. The molecule has 1 aliphatic carbocycles. The van der Waals surface area contributed by atoms with Crippen LogP contribution in [0.4, 0.5) is 0 Å². The van der Waals surface area contributed by atoms with Crippen molar-refractivity contribution >= 4 is 21.4 Å². The van der Waals surface area contributed by atoms with E-state index in [0.717, 1.165) is 25.1 Å². The van der Waals surface area contributed by atoms with Crippen LogP contribution < -0.4 is 5.32 Å². The van der Waals surface area contributed by atoms with Gasteiger partial charge < -0.3 is 10.2 Å². The van der Waals surface area contributed by atoms with Crippen LogP contribution in [0.15, 0.2) is 15.7 Å². The molecule has 1 saturated carbocycles. The highest BCUT2D eigenvalue weighted by Crippen LogP contribution is 2.25. The molecule has 5 nitrogen and oxygen atoms in total. The molecule has 0 aromatic carbocycles. The van der Waals surface area contributed by atoms with E-state index >= 15 is 0 Å². The van der Waals surface area contributed by atoms with Gasteiger partial charge in [-0.05, 0) is 56.9 Å². The molecule has 1 heterocycles. The first-order chi connectivity index (χ1) is 9.89. The van der Waals surface area contributed by atoms with E-state index < -0.39 is 10.0 Å². The van der Waals surface area contributed by atoms with Crippen molar-refractivity contribution in [2.24, 2.45) is 0 Å². The average molecular weight is 332 g/mol. The molecule has 1 N–H and O–H groups in total. The molecule has 0 spiro atoms. The Balaban J connectivity index is 1.90. The first-order valence-electron chi connectivity index (χ1n) is 7.31. The van der Waals surface area contributed by atoms with Gasteiger partial charge >= 0.3 is 0 Å². The Morgan fingerprint density at radius 2 is 2.00 bits per heavy atom. The summed E-state index contributed by atoms with van der Waals surface area (Å²) in [5.74, 6) is 0. The number of thiophene rings is 1. The quantitative estimate of drug-likeness (QED) is 0.746. The van der Waals surface area contributed by atoms with Crippen LogP contribution in [0.2, 0.25) is 0 Å². The summed E-state index contributed by atoms with van der Waals surface area (Å²) in [5.41, 5.74) is 1.06. The van der Waals surface area contributed by atoms with E-state index in [9.17, 15) is 8.42 Å². The summed E-state index contributed by atoms with van der Waals surface area (Å²) in [6, 6.07) is 2.44. The van der Waals surface area contributed by atoms with Crippen LogP contribution in [-0.2, 0) is 16.6 Å². The first kappa shape index (κ1) is 16.9. The molecular formula is C14H25N3O2S2.